The lowest BCUT2D eigenvalue weighted by Crippen LogP contribution is -2.45. The van der Waals surface area contributed by atoms with Crippen molar-refractivity contribution in [2.45, 2.75) is 83.4 Å². The third kappa shape index (κ3) is 8.49. The van der Waals surface area contributed by atoms with Crippen LogP contribution >= 0.6 is 11.3 Å². The maximum atomic E-state index is 13.6. The van der Waals surface area contributed by atoms with Crippen LogP contribution in [-0.4, -0.2) is 41.0 Å². The Morgan fingerprint density at radius 1 is 0.979 bits per heavy atom. The third-order valence-corrected chi connectivity index (χ3v) is 10.7. The summed E-state index contributed by atoms with van der Waals surface area (Å²) in [5, 5.41) is 5.83. The van der Waals surface area contributed by atoms with Gasteiger partial charge in [0.25, 0.3) is 0 Å². The number of thiazole rings is 1. The van der Waals surface area contributed by atoms with E-state index in [0.29, 0.717) is 30.1 Å². The lowest BCUT2D eigenvalue weighted by atomic mass is 9.74. The molecule has 0 bridgehead atoms. The first kappa shape index (κ1) is 35.7. The molecule has 2 amide bonds. The molecule has 5 rings (SSSR count). The van der Waals surface area contributed by atoms with E-state index in [1.165, 1.54) is 11.3 Å². The standard InChI is InChI=1S/C34H38F6N4O3S/c1-21(2)32(29(45)41-18-23-14-25(33(35,36)37)16-26(15-23)34(38,39)40)11-8-27(17-32)44-12-9-24(10-13-44)28-19-42-30(48-28)43-31(46)47-20-22-6-4-3-5-7-22/h3-7,14-16,19,21,24,27H,8-13,17-18,20H2,1-2H3,(H,41,45)(H,42,43,46)/t27-,32+/m1/s1. The number of likely N-dealkylation sites (tertiary alicyclic amines) is 1. The van der Waals surface area contributed by atoms with E-state index in [4.69, 9.17) is 4.74 Å². The average molecular weight is 697 g/mol. The number of rotatable bonds is 9. The molecule has 0 unspecified atom stereocenters. The highest BCUT2D eigenvalue weighted by atomic mass is 32.1. The van der Waals surface area contributed by atoms with Crippen LogP contribution in [0.4, 0.5) is 36.3 Å². The van der Waals surface area contributed by atoms with Gasteiger partial charge in [-0.2, -0.15) is 26.3 Å². The first-order chi connectivity index (χ1) is 22.6. The Morgan fingerprint density at radius 3 is 2.23 bits per heavy atom. The van der Waals surface area contributed by atoms with E-state index in [-0.39, 0.29) is 42.0 Å². The Labute approximate surface area is 279 Å². The van der Waals surface area contributed by atoms with Crippen molar-refractivity contribution in [1.82, 2.24) is 15.2 Å². The number of nitrogens with one attached hydrogen (secondary N) is 2. The third-order valence-electron chi connectivity index (χ3n) is 9.58. The van der Waals surface area contributed by atoms with E-state index in [9.17, 15) is 35.9 Å². The minimum absolute atomic E-state index is 0.0840. The number of piperidine rings is 1. The van der Waals surface area contributed by atoms with Crippen LogP contribution in [0, 0.1) is 11.3 Å². The molecule has 2 aliphatic rings. The smallest absolute Gasteiger partial charge is 0.416 e. The van der Waals surface area contributed by atoms with Crippen molar-refractivity contribution in [3.63, 3.8) is 0 Å². The summed E-state index contributed by atoms with van der Waals surface area (Å²) in [6.07, 6.45) is -5.08. The number of halogens is 6. The van der Waals surface area contributed by atoms with Crippen LogP contribution < -0.4 is 10.6 Å². The molecule has 0 radical (unpaired) electrons. The molecular formula is C34H38F6N4O3S. The van der Waals surface area contributed by atoms with Crippen LogP contribution in [0.5, 0.6) is 0 Å². The molecule has 1 aliphatic heterocycles. The molecule has 48 heavy (non-hydrogen) atoms. The average Bonchev–Trinajstić information content (AvgIpc) is 3.71. The molecule has 3 aromatic rings. The Bertz CT molecular complexity index is 1540. The van der Waals surface area contributed by atoms with Gasteiger partial charge in [-0.25, -0.2) is 9.78 Å². The predicted molar refractivity (Wildman–Crippen MR) is 169 cm³/mol. The number of alkyl halides is 6. The zero-order valence-corrected chi connectivity index (χ0v) is 27.4. The lowest BCUT2D eigenvalue weighted by molar-refractivity contribution is -0.143. The van der Waals surface area contributed by atoms with E-state index < -0.39 is 41.5 Å². The van der Waals surface area contributed by atoms with Gasteiger partial charge < -0.3 is 15.0 Å². The van der Waals surface area contributed by atoms with Gasteiger partial charge in [-0.05, 0) is 86.4 Å². The number of carbonyl (C=O) groups is 2. The van der Waals surface area contributed by atoms with Gasteiger partial charge in [0.05, 0.1) is 16.5 Å². The summed E-state index contributed by atoms with van der Waals surface area (Å²) in [6, 6.07) is 10.9. The van der Waals surface area contributed by atoms with E-state index in [0.717, 1.165) is 42.8 Å². The first-order valence-corrected chi connectivity index (χ1v) is 16.7. The molecule has 14 heteroatoms. The van der Waals surface area contributed by atoms with Gasteiger partial charge in [-0.1, -0.05) is 44.2 Å². The molecule has 2 fully saturated rings. The van der Waals surface area contributed by atoms with Gasteiger partial charge >= 0.3 is 18.4 Å². The highest BCUT2D eigenvalue weighted by Gasteiger charge is 2.49. The molecule has 1 saturated heterocycles. The zero-order chi connectivity index (χ0) is 34.7. The Kier molecular flexibility index (Phi) is 10.7. The monoisotopic (exact) mass is 696 g/mol. The van der Waals surface area contributed by atoms with Crippen LogP contribution in [-0.2, 0) is 35.0 Å². The van der Waals surface area contributed by atoms with E-state index >= 15 is 0 Å². The molecule has 2 aromatic carbocycles. The molecule has 260 valence electrons. The van der Waals surface area contributed by atoms with Crippen LogP contribution in [0.3, 0.4) is 0 Å². The zero-order valence-electron chi connectivity index (χ0n) is 26.6. The highest BCUT2D eigenvalue weighted by Crippen LogP contribution is 2.47. The van der Waals surface area contributed by atoms with E-state index in [1.54, 1.807) is 6.20 Å². The molecule has 0 spiro atoms. The number of anilines is 1. The molecule has 2 N–H and O–H groups in total. The van der Waals surface area contributed by atoms with Crippen molar-refractivity contribution < 1.29 is 40.7 Å². The summed E-state index contributed by atoms with van der Waals surface area (Å²) in [5.74, 6) is -0.175. The summed E-state index contributed by atoms with van der Waals surface area (Å²) in [5.41, 5.74) is -2.98. The molecule has 1 aliphatic carbocycles. The number of nitrogens with zero attached hydrogens (tertiary/aromatic N) is 2. The largest absolute Gasteiger partial charge is 0.444 e. The highest BCUT2D eigenvalue weighted by molar-refractivity contribution is 7.15. The second kappa shape index (κ2) is 14.5. The molecule has 2 heterocycles. The number of aromatic nitrogens is 1. The van der Waals surface area contributed by atoms with Gasteiger partial charge in [0, 0.05) is 23.7 Å². The van der Waals surface area contributed by atoms with Crippen LogP contribution in [0.2, 0.25) is 0 Å². The molecule has 1 aromatic heterocycles. The summed E-state index contributed by atoms with van der Waals surface area (Å²) in [4.78, 5) is 33.6. The number of amides is 2. The Balaban J connectivity index is 1.14. The van der Waals surface area contributed by atoms with Crippen LogP contribution in [0.1, 0.15) is 79.0 Å². The van der Waals surface area contributed by atoms with Crippen molar-refractivity contribution in [2.24, 2.45) is 11.3 Å². The molecule has 1 saturated carbocycles. The van der Waals surface area contributed by atoms with Gasteiger partial charge in [0.15, 0.2) is 5.13 Å². The number of hydrogen-bond acceptors (Lipinski definition) is 6. The minimum atomic E-state index is -4.96. The van der Waals surface area contributed by atoms with Gasteiger partial charge in [0.1, 0.15) is 6.61 Å². The van der Waals surface area contributed by atoms with Crippen molar-refractivity contribution in [3.8, 4) is 0 Å². The normalized spacial score (nSPS) is 21.0. The van der Waals surface area contributed by atoms with Crippen molar-refractivity contribution in [1.29, 1.82) is 0 Å². The molecular weight excluding hydrogens is 658 g/mol. The summed E-state index contributed by atoms with van der Waals surface area (Å²) < 4.78 is 85.2. The quantitative estimate of drug-likeness (QED) is 0.219. The maximum Gasteiger partial charge on any atom is 0.416 e. The molecule has 7 nitrogen and oxygen atoms in total. The van der Waals surface area contributed by atoms with E-state index in [1.807, 2.05) is 44.2 Å². The van der Waals surface area contributed by atoms with Gasteiger partial charge in [0.2, 0.25) is 5.91 Å². The fourth-order valence-corrected chi connectivity index (χ4v) is 7.73. The summed E-state index contributed by atoms with van der Waals surface area (Å²) in [6.45, 7) is 5.17. The van der Waals surface area contributed by atoms with Crippen molar-refractivity contribution >= 4 is 28.5 Å². The number of benzene rings is 2. The second-order valence-corrected chi connectivity index (χ2v) is 13.9. The summed E-state index contributed by atoms with van der Waals surface area (Å²) in [7, 11) is 0. The van der Waals surface area contributed by atoms with Gasteiger partial charge in [-0.3, -0.25) is 10.1 Å². The Hall–Kier alpha value is -3.65. The maximum absolute atomic E-state index is 13.6. The fourth-order valence-electron chi connectivity index (χ4n) is 6.76. The fraction of sp³-hybridized carbons (Fsp3) is 0.500. The first-order valence-electron chi connectivity index (χ1n) is 15.9. The summed E-state index contributed by atoms with van der Waals surface area (Å²) >= 11 is 1.42. The molecule has 2 atom stereocenters. The van der Waals surface area contributed by atoms with Crippen LogP contribution in [0.25, 0.3) is 0 Å². The van der Waals surface area contributed by atoms with Gasteiger partial charge in [-0.15, -0.1) is 11.3 Å². The van der Waals surface area contributed by atoms with Crippen molar-refractivity contribution in [2.75, 3.05) is 18.4 Å². The number of carbonyl (C=O) groups excluding carboxylic acids is 2. The minimum Gasteiger partial charge on any atom is -0.444 e. The Morgan fingerprint density at radius 2 is 1.62 bits per heavy atom. The predicted octanol–water partition coefficient (Wildman–Crippen LogP) is 8.62. The number of ether oxygens (including phenoxy) is 1. The number of hydrogen-bond donors (Lipinski definition) is 2. The second-order valence-electron chi connectivity index (χ2n) is 12.9. The van der Waals surface area contributed by atoms with Crippen molar-refractivity contribution in [3.05, 3.63) is 81.9 Å². The SMILES string of the molecule is CC(C)[C@]1(C(=O)NCc2cc(C(F)(F)F)cc(C(F)(F)F)c2)CC[C@@H](N2CCC(c3cnc(NC(=O)OCc4ccccc4)s3)CC2)C1. The van der Waals surface area contributed by atoms with Crippen LogP contribution in [0.15, 0.2) is 54.7 Å². The lowest BCUT2D eigenvalue weighted by Gasteiger charge is -2.38. The van der Waals surface area contributed by atoms with E-state index in [2.05, 4.69) is 20.5 Å². The topological polar surface area (TPSA) is 83.6 Å².